The lowest BCUT2D eigenvalue weighted by molar-refractivity contribution is -0.138. The van der Waals surface area contributed by atoms with Crippen molar-refractivity contribution < 1.29 is 22.8 Å². The van der Waals surface area contributed by atoms with Crippen molar-refractivity contribution in [2.24, 2.45) is 0 Å². The average molecular weight is 370 g/mol. The summed E-state index contributed by atoms with van der Waals surface area (Å²) in [6, 6.07) is 0.760. The molecule has 0 bridgehead atoms. The summed E-state index contributed by atoms with van der Waals surface area (Å²) in [7, 11) is 1.78. The molecule has 9 heteroatoms. The molecule has 0 saturated carbocycles. The van der Waals surface area contributed by atoms with E-state index in [0.29, 0.717) is 32.1 Å². The molecule has 2 amide bonds. The molecule has 1 aromatic rings. The highest BCUT2D eigenvalue weighted by Crippen LogP contribution is 2.31. The zero-order valence-corrected chi connectivity index (χ0v) is 14.4. The van der Waals surface area contributed by atoms with Gasteiger partial charge in [0.2, 0.25) is 5.91 Å². The Morgan fingerprint density at radius 2 is 1.92 bits per heavy atom. The highest BCUT2D eigenvalue weighted by atomic mass is 19.4. The van der Waals surface area contributed by atoms with Gasteiger partial charge in [0, 0.05) is 45.1 Å². The van der Waals surface area contributed by atoms with E-state index in [2.05, 4.69) is 15.2 Å². The number of hydrogen-bond acceptors (Lipinski definition) is 4. The third kappa shape index (κ3) is 3.82. The molecule has 0 unspecified atom stereocenters. The average Bonchev–Trinajstić information content (AvgIpc) is 2.94. The number of likely N-dealkylation sites (tertiary alicyclic amines) is 2. The second-order valence-electron chi connectivity index (χ2n) is 6.77. The molecule has 1 atom stereocenters. The number of amides is 2. The van der Waals surface area contributed by atoms with Crippen molar-refractivity contribution in [2.75, 3.05) is 26.7 Å². The van der Waals surface area contributed by atoms with E-state index in [4.69, 9.17) is 0 Å². The van der Waals surface area contributed by atoms with Gasteiger partial charge in [-0.25, -0.2) is 0 Å². The quantitative estimate of drug-likeness (QED) is 0.876. The van der Waals surface area contributed by atoms with Gasteiger partial charge in [-0.1, -0.05) is 0 Å². The first kappa shape index (κ1) is 18.6. The first-order valence-electron chi connectivity index (χ1n) is 8.58. The topological polar surface area (TPSA) is 65.5 Å². The van der Waals surface area contributed by atoms with Crippen LogP contribution in [0, 0.1) is 0 Å². The van der Waals surface area contributed by atoms with Crippen molar-refractivity contribution in [1.29, 1.82) is 0 Å². The van der Waals surface area contributed by atoms with Crippen LogP contribution in [-0.4, -0.2) is 65.4 Å². The third-order valence-corrected chi connectivity index (χ3v) is 5.08. The fourth-order valence-electron chi connectivity index (χ4n) is 3.58. The van der Waals surface area contributed by atoms with Crippen molar-refractivity contribution >= 4 is 11.8 Å². The van der Waals surface area contributed by atoms with E-state index in [1.807, 2.05) is 0 Å². The summed E-state index contributed by atoms with van der Waals surface area (Å²) in [6.07, 6.45) is -0.788. The summed E-state index contributed by atoms with van der Waals surface area (Å²) in [6.45, 7) is 2.01. The number of nitrogens with one attached hydrogen (secondary N) is 1. The van der Waals surface area contributed by atoms with Crippen molar-refractivity contribution in [3.63, 3.8) is 0 Å². The minimum atomic E-state index is -4.63. The van der Waals surface area contributed by atoms with Gasteiger partial charge in [-0.05, 0) is 25.3 Å². The molecule has 142 valence electrons. The Labute approximate surface area is 149 Å². The molecule has 0 aliphatic carbocycles. The summed E-state index contributed by atoms with van der Waals surface area (Å²) < 4.78 is 39.1. The standard InChI is InChI=1S/C17H21F3N4O2/c1-23-7-5-14(16(23)26)24-8-3-11(4-9-24)22-15(25)12-2-6-21-10-13(12)17(18,19)20/h2,6,10-11,14H,3-5,7-9H2,1H3,(H,22,25)/t14-/m0/s1. The number of pyridine rings is 1. The predicted octanol–water partition coefficient (Wildman–Crippen LogP) is 1.53. The third-order valence-electron chi connectivity index (χ3n) is 5.08. The molecule has 1 N–H and O–H groups in total. The maximum absolute atomic E-state index is 13.0. The Morgan fingerprint density at radius 1 is 1.23 bits per heavy atom. The molecular weight excluding hydrogens is 349 g/mol. The van der Waals surface area contributed by atoms with Crippen molar-refractivity contribution in [3.8, 4) is 0 Å². The first-order valence-corrected chi connectivity index (χ1v) is 8.58. The number of alkyl halides is 3. The Balaban J connectivity index is 1.59. The minimum absolute atomic E-state index is 0.110. The predicted molar refractivity (Wildman–Crippen MR) is 87.3 cm³/mol. The van der Waals surface area contributed by atoms with Crippen LogP contribution in [0.1, 0.15) is 35.2 Å². The molecule has 6 nitrogen and oxygen atoms in total. The van der Waals surface area contributed by atoms with Crippen LogP contribution in [0.15, 0.2) is 18.5 Å². The second-order valence-corrected chi connectivity index (χ2v) is 6.77. The van der Waals surface area contributed by atoms with Gasteiger partial charge in [0.1, 0.15) is 0 Å². The van der Waals surface area contributed by atoms with Crippen LogP contribution in [-0.2, 0) is 11.0 Å². The van der Waals surface area contributed by atoms with Gasteiger partial charge in [0.05, 0.1) is 17.2 Å². The Morgan fingerprint density at radius 3 is 2.50 bits per heavy atom. The monoisotopic (exact) mass is 370 g/mol. The summed E-state index contributed by atoms with van der Waals surface area (Å²) in [4.78, 5) is 31.7. The highest BCUT2D eigenvalue weighted by Gasteiger charge is 2.37. The van der Waals surface area contributed by atoms with E-state index in [9.17, 15) is 22.8 Å². The molecule has 2 aliphatic rings. The number of carbonyl (C=O) groups is 2. The maximum Gasteiger partial charge on any atom is 0.418 e. The van der Waals surface area contributed by atoms with E-state index in [1.165, 1.54) is 6.20 Å². The summed E-state index contributed by atoms with van der Waals surface area (Å²) in [5, 5.41) is 2.69. The molecule has 26 heavy (non-hydrogen) atoms. The van der Waals surface area contributed by atoms with Gasteiger partial charge >= 0.3 is 6.18 Å². The largest absolute Gasteiger partial charge is 0.418 e. The van der Waals surface area contributed by atoms with E-state index in [0.717, 1.165) is 19.0 Å². The van der Waals surface area contributed by atoms with E-state index >= 15 is 0 Å². The lowest BCUT2D eigenvalue weighted by atomic mass is 10.0. The van der Waals surface area contributed by atoms with Gasteiger partial charge < -0.3 is 10.2 Å². The second kappa shape index (κ2) is 7.22. The van der Waals surface area contributed by atoms with Gasteiger partial charge in [-0.15, -0.1) is 0 Å². The zero-order chi connectivity index (χ0) is 18.9. The fourth-order valence-corrected chi connectivity index (χ4v) is 3.58. The van der Waals surface area contributed by atoms with Gasteiger partial charge in [-0.3, -0.25) is 19.5 Å². The van der Waals surface area contributed by atoms with Crippen LogP contribution >= 0.6 is 0 Å². The normalized spacial score (nSPS) is 22.7. The van der Waals surface area contributed by atoms with Crippen LogP contribution in [0.4, 0.5) is 13.2 Å². The van der Waals surface area contributed by atoms with Crippen LogP contribution in [0.25, 0.3) is 0 Å². The van der Waals surface area contributed by atoms with E-state index in [-0.39, 0.29) is 18.0 Å². The zero-order valence-electron chi connectivity index (χ0n) is 14.4. The smallest absolute Gasteiger partial charge is 0.349 e. The summed E-state index contributed by atoms with van der Waals surface area (Å²) in [5.74, 6) is -0.631. The number of nitrogens with zero attached hydrogens (tertiary/aromatic N) is 3. The molecule has 0 aromatic carbocycles. The van der Waals surface area contributed by atoms with E-state index in [1.54, 1.807) is 11.9 Å². The number of aromatic nitrogens is 1. The Bertz CT molecular complexity index is 687. The molecule has 1 aromatic heterocycles. The number of hydrogen-bond donors (Lipinski definition) is 1. The number of halogens is 3. The lowest BCUT2D eigenvalue weighted by Crippen LogP contribution is -2.50. The molecule has 2 saturated heterocycles. The molecule has 0 spiro atoms. The molecular formula is C17H21F3N4O2. The van der Waals surface area contributed by atoms with Crippen molar-refractivity contribution in [3.05, 3.63) is 29.6 Å². The SMILES string of the molecule is CN1CC[C@H](N2CCC(NC(=O)c3ccncc3C(F)(F)F)CC2)C1=O. The maximum atomic E-state index is 13.0. The molecule has 3 heterocycles. The number of likely N-dealkylation sites (N-methyl/N-ethyl adjacent to an activating group) is 1. The number of piperidine rings is 1. The molecule has 2 aliphatic heterocycles. The summed E-state index contributed by atoms with van der Waals surface area (Å²) in [5.41, 5.74) is -1.45. The van der Waals surface area contributed by atoms with Gasteiger partial charge in [0.15, 0.2) is 0 Å². The first-order chi connectivity index (χ1) is 12.3. The molecule has 2 fully saturated rings. The molecule has 3 rings (SSSR count). The van der Waals surface area contributed by atoms with Gasteiger partial charge in [0.25, 0.3) is 5.91 Å². The Kier molecular flexibility index (Phi) is 5.17. The summed E-state index contributed by atoms with van der Waals surface area (Å²) >= 11 is 0. The van der Waals surface area contributed by atoms with Crippen LogP contribution in [0.2, 0.25) is 0 Å². The highest BCUT2D eigenvalue weighted by molar-refractivity contribution is 5.95. The Hall–Kier alpha value is -2.16. The molecule has 0 radical (unpaired) electrons. The van der Waals surface area contributed by atoms with Crippen LogP contribution in [0.5, 0.6) is 0 Å². The fraction of sp³-hybridized carbons (Fsp3) is 0.588. The van der Waals surface area contributed by atoms with E-state index < -0.39 is 23.2 Å². The van der Waals surface area contributed by atoms with Gasteiger partial charge in [-0.2, -0.15) is 13.2 Å². The van der Waals surface area contributed by atoms with Crippen LogP contribution in [0.3, 0.4) is 0 Å². The van der Waals surface area contributed by atoms with Crippen molar-refractivity contribution in [1.82, 2.24) is 20.1 Å². The van der Waals surface area contributed by atoms with Crippen molar-refractivity contribution in [2.45, 2.75) is 37.5 Å². The van der Waals surface area contributed by atoms with Crippen LogP contribution < -0.4 is 5.32 Å². The lowest BCUT2D eigenvalue weighted by Gasteiger charge is -2.35. The number of carbonyl (C=O) groups excluding carboxylic acids is 2. The minimum Gasteiger partial charge on any atom is -0.349 e. The number of rotatable bonds is 3.